The highest BCUT2D eigenvalue weighted by molar-refractivity contribution is 6.35. The van der Waals surface area contributed by atoms with Gasteiger partial charge < -0.3 is 20.3 Å². The fourth-order valence-corrected chi connectivity index (χ4v) is 3.60. The zero-order chi connectivity index (χ0) is 20.7. The van der Waals surface area contributed by atoms with Crippen LogP contribution in [0.3, 0.4) is 0 Å². The summed E-state index contributed by atoms with van der Waals surface area (Å²) in [5, 5.41) is 7.37. The molecule has 0 saturated carbocycles. The minimum Gasteiger partial charge on any atom is -0.494 e. The van der Waals surface area contributed by atoms with Gasteiger partial charge in [-0.1, -0.05) is 20.8 Å². The van der Waals surface area contributed by atoms with Crippen molar-refractivity contribution in [2.24, 2.45) is 11.7 Å². The molecule has 1 saturated heterocycles. The monoisotopic (exact) mass is 388 g/mol. The van der Waals surface area contributed by atoms with Crippen LogP contribution in [0.2, 0.25) is 0 Å². The van der Waals surface area contributed by atoms with Crippen molar-refractivity contribution in [2.45, 2.75) is 46.1 Å². The van der Waals surface area contributed by atoms with Crippen molar-refractivity contribution in [2.75, 3.05) is 26.2 Å². The van der Waals surface area contributed by atoms with Crippen molar-refractivity contribution in [3.05, 3.63) is 29.8 Å². The average Bonchev–Trinajstić information content (AvgIpc) is 2.67. The van der Waals surface area contributed by atoms with Crippen LogP contribution in [0, 0.1) is 11.3 Å². The van der Waals surface area contributed by atoms with E-state index in [-0.39, 0.29) is 23.7 Å². The van der Waals surface area contributed by atoms with Gasteiger partial charge >= 0.3 is 11.8 Å². The van der Waals surface area contributed by atoms with E-state index >= 15 is 0 Å². The molecule has 28 heavy (non-hydrogen) atoms. The first-order valence-electron chi connectivity index (χ1n) is 10.0. The summed E-state index contributed by atoms with van der Waals surface area (Å²) in [7, 11) is 0. The van der Waals surface area contributed by atoms with E-state index < -0.39 is 0 Å². The molecule has 1 aliphatic rings. The highest BCUT2D eigenvalue weighted by Gasteiger charge is 2.36. The second-order valence-electron chi connectivity index (χ2n) is 7.50. The van der Waals surface area contributed by atoms with Gasteiger partial charge in [0, 0.05) is 31.2 Å². The number of hydrogen-bond donors (Lipinski definition) is 2. The predicted octanol–water partition coefficient (Wildman–Crippen LogP) is 2.24. The Morgan fingerprint density at radius 3 is 2.39 bits per heavy atom. The molecule has 2 amide bonds. The number of nitrogen functional groups attached to an aromatic ring is 1. The average molecular weight is 389 g/mol. The van der Waals surface area contributed by atoms with Crippen molar-refractivity contribution in [1.29, 1.82) is 5.41 Å². The topological polar surface area (TPSA) is 99.7 Å². The number of unbranched alkanes of at least 4 members (excludes halogenated alkanes) is 1. The van der Waals surface area contributed by atoms with E-state index in [1.54, 1.807) is 34.1 Å². The van der Waals surface area contributed by atoms with Crippen LogP contribution < -0.4 is 10.5 Å². The molecule has 0 bridgehead atoms. The second kappa shape index (κ2) is 10.1. The van der Waals surface area contributed by atoms with Gasteiger partial charge in [-0.05, 0) is 49.4 Å². The molecule has 1 atom stereocenters. The molecule has 1 fully saturated rings. The molecule has 1 aromatic carbocycles. The van der Waals surface area contributed by atoms with Gasteiger partial charge in [-0.2, -0.15) is 0 Å². The molecule has 0 aromatic heterocycles. The Bertz CT molecular complexity index is 687. The van der Waals surface area contributed by atoms with Crippen LogP contribution in [0.4, 0.5) is 0 Å². The van der Waals surface area contributed by atoms with Crippen LogP contribution in [-0.2, 0) is 9.59 Å². The van der Waals surface area contributed by atoms with Gasteiger partial charge in [0.05, 0.1) is 6.61 Å². The van der Waals surface area contributed by atoms with E-state index in [9.17, 15) is 9.59 Å². The lowest BCUT2D eigenvalue weighted by Crippen LogP contribution is -2.58. The minimum absolute atomic E-state index is 0.0320. The quantitative estimate of drug-likeness (QED) is 0.278. The number of piperazine rings is 1. The Morgan fingerprint density at radius 2 is 1.82 bits per heavy atom. The number of amidine groups is 1. The van der Waals surface area contributed by atoms with Gasteiger partial charge in [-0.15, -0.1) is 0 Å². The van der Waals surface area contributed by atoms with Gasteiger partial charge in [0.1, 0.15) is 11.6 Å². The van der Waals surface area contributed by atoms with Crippen molar-refractivity contribution in [1.82, 2.24) is 9.80 Å². The number of amides is 2. The van der Waals surface area contributed by atoms with E-state index in [1.165, 1.54) is 0 Å². The molecule has 3 N–H and O–H groups in total. The largest absolute Gasteiger partial charge is 0.494 e. The molecule has 0 spiro atoms. The Balaban J connectivity index is 1.73. The van der Waals surface area contributed by atoms with E-state index in [2.05, 4.69) is 20.8 Å². The zero-order valence-corrected chi connectivity index (χ0v) is 17.1. The summed E-state index contributed by atoms with van der Waals surface area (Å²) in [4.78, 5) is 28.3. The molecule has 2 rings (SSSR count). The predicted molar refractivity (Wildman–Crippen MR) is 109 cm³/mol. The van der Waals surface area contributed by atoms with E-state index in [1.807, 2.05) is 0 Å². The number of carbonyl (C=O) groups is 2. The molecule has 154 valence electrons. The summed E-state index contributed by atoms with van der Waals surface area (Å²) in [5.41, 5.74) is 6.09. The third-order valence-electron chi connectivity index (χ3n) is 5.19. The van der Waals surface area contributed by atoms with Crippen molar-refractivity contribution in [3.8, 4) is 5.75 Å². The third-order valence-corrected chi connectivity index (χ3v) is 5.19. The maximum Gasteiger partial charge on any atom is 0.312 e. The number of benzene rings is 1. The first-order valence-corrected chi connectivity index (χ1v) is 10.0. The fourth-order valence-electron chi connectivity index (χ4n) is 3.60. The van der Waals surface area contributed by atoms with Crippen molar-refractivity contribution in [3.63, 3.8) is 0 Å². The summed E-state index contributed by atoms with van der Waals surface area (Å²) < 4.78 is 5.68. The van der Waals surface area contributed by atoms with Crippen LogP contribution >= 0.6 is 0 Å². The highest BCUT2D eigenvalue weighted by atomic mass is 16.5. The normalized spacial score (nSPS) is 15.9. The molecule has 0 aliphatic carbocycles. The van der Waals surface area contributed by atoms with Gasteiger partial charge in [-0.3, -0.25) is 15.0 Å². The maximum absolute atomic E-state index is 12.5. The van der Waals surface area contributed by atoms with E-state index in [4.69, 9.17) is 15.9 Å². The zero-order valence-electron chi connectivity index (χ0n) is 17.1. The SMILES string of the molecule is CCC(C(C)C)N1CCN(CCCCOc2ccc(C(=N)N)cc2)C(=O)C1=O. The van der Waals surface area contributed by atoms with Crippen LogP contribution in [0.1, 0.15) is 45.6 Å². The molecule has 7 heteroatoms. The van der Waals surface area contributed by atoms with Crippen molar-refractivity contribution < 1.29 is 14.3 Å². The molecule has 1 unspecified atom stereocenters. The van der Waals surface area contributed by atoms with Crippen LogP contribution in [-0.4, -0.2) is 59.7 Å². The Labute approximate surface area is 167 Å². The van der Waals surface area contributed by atoms with E-state index in [0.29, 0.717) is 37.7 Å². The highest BCUT2D eigenvalue weighted by Crippen LogP contribution is 2.18. The molecule has 0 radical (unpaired) electrons. The minimum atomic E-state index is -0.383. The molecular formula is C21H32N4O3. The Kier molecular flexibility index (Phi) is 7.84. The number of nitrogens with one attached hydrogen (secondary N) is 1. The summed E-state index contributed by atoms with van der Waals surface area (Å²) in [6.45, 7) is 8.55. The second-order valence-corrected chi connectivity index (χ2v) is 7.50. The summed E-state index contributed by atoms with van der Waals surface area (Å²) >= 11 is 0. The lowest BCUT2D eigenvalue weighted by Gasteiger charge is -2.39. The molecule has 1 aliphatic heterocycles. The molecule has 1 aromatic rings. The van der Waals surface area contributed by atoms with Crippen molar-refractivity contribution >= 4 is 17.6 Å². The Morgan fingerprint density at radius 1 is 1.14 bits per heavy atom. The van der Waals surface area contributed by atoms with Crippen LogP contribution in [0.5, 0.6) is 5.75 Å². The maximum atomic E-state index is 12.5. The lowest BCUT2D eigenvalue weighted by molar-refractivity contribution is -0.158. The molecule has 1 heterocycles. The van der Waals surface area contributed by atoms with Gasteiger partial charge in [0.25, 0.3) is 0 Å². The fraction of sp³-hybridized carbons (Fsp3) is 0.571. The number of nitrogens with two attached hydrogens (primary N) is 1. The first kappa shape index (κ1) is 21.7. The van der Waals surface area contributed by atoms with Gasteiger partial charge in [-0.25, -0.2) is 0 Å². The number of carbonyl (C=O) groups excluding carboxylic acids is 2. The third kappa shape index (κ3) is 5.47. The van der Waals surface area contributed by atoms with Gasteiger partial charge in [0.15, 0.2) is 0 Å². The van der Waals surface area contributed by atoms with E-state index in [0.717, 1.165) is 25.0 Å². The summed E-state index contributed by atoms with van der Waals surface area (Å²) in [6, 6.07) is 7.21. The lowest BCUT2D eigenvalue weighted by atomic mass is 9.99. The first-order chi connectivity index (χ1) is 13.3. The number of rotatable bonds is 10. The number of nitrogens with zero attached hydrogens (tertiary/aromatic N) is 2. The summed E-state index contributed by atoms with van der Waals surface area (Å²) in [6.07, 6.45) is 2.44. The number of hydrogen-bond acceptors (Lipinski definition) is 4. The molecule has 7 nitrogen and oxygen atoms in total. The Hall–Kier alpha value is -2.57. The standard InChI is InChI=1S/C21H32N4O3/c1-4-18(15(2)3)25-13-12-24(20(26)21(25)27)11-5-6-14-28-17-9-7-16(8-10-17)19(22)23/h7-10,15,18H,4-6,11-14H2,1-3H3,(H3,22,23). The number of ether oxygens (including phenoxy) is 1. The summed E-state index contributed by atoms with van der Waals surface area (Å²) in [5.74, 6) is 0.350. The van der Waals surface area contributed by atoms with Gasteiger partial charge in [0.2, 0.25) is 0 Å². The molecular weight excluding hydrogens is 356 g/mol. The van der Waals surface area contributed by atoms with Crippen LogP contribution in [0.15, 0.2) is 24.3 Å². The smallest absolute Gasteiger partial charge is 0.312 e. The van der Waals surface area contributed by atoms with Crippen LogP contribution in [0.25, 0.3) is 0 Å².